The van der Waals surface area contributed by atoms with E-state index < -0.39 is 59.6 Å². The van der Waals surface area contributed by atoms with Crippen molar-refractivity contribution >= 4 is 5.91 Å². The average Bonchev–Trinajstić information content (AvgIpc) is 2.71. The molecule has 35 heavy (non-hydrogen) atoms. The predicted molar refractivity (Wildman–Crippen MR) is 80.3 cm³/mol. The second-order valence-electron chi connectivity index (χ2n) is 7.73. The van der Waals surface area contributed by atoms with Gasteiger partial charge in [-0.2, -0.15) is 74.6 Å². The van der Waals surface area contributed by atoms with E-state index >= 15 is 0 Å². The van der Waals surface area contributed by atoms with Crippen molar-refractivity contribution in [3.63, 3.8) is 0 Å². The molecule has 0 spiro atoms. The van der Waals surface area contributed by atoms with Crippen molar-refractivity contribution in [1.29, 1.82) is 0 Å². The average molecular weight is 559 g/mol. The van der Waals surface area contributed by atoms with Crippen LogP contribution in [-0.2, 0) is 4.79 Å². The van der Waals surface area contributed by atoms with Gasteiger partial charge in [0.25, 0.3) is 5.91 Å². The Morgan fingerprint density at radius 1 is 0.543 bits per heavy atom. The number of nitrogens with zero attached hydrogens (tertiary/aromatic N) is 1. The summed E-state index contributed by atoms with van der Waals surface area (Å²) in [5, 5.41) is 0. The first-order valence-corrected chi connectivity index (χ1v) is 9.16. The summed E-state index contributed by atoms with van der Waals surface area (Å²) < 4.78 is 225. The fourth-order valence-corrected chi connectivity index (χ4v) is 3.15. The zero-order chi connectivity index (χ0) is 28.3. The topological polar surface area (TPSA) is 20.3 Å². The van der Waals surface area contributed by atoms with E-state index in [1.165, 1.54) is 0 Å². The Morgan fingerprint density at radius 2 is 0.857 bits per heavy atom. The maximum absolute atomic E-state index is 14.0. The van der Waals surface area contributed by atoms with Gasteiger partial charge in [0.1, 0.15) is 0 Å². The van der Waals surface area contributed by atoms with E-state index in [4.69, 9.17) is 0 Å². The Kier molecular flexibility index (Phi) is 7.78. The third kappa shape index (κ3) is 4.27. The van der Waals surface area contributed by atoms with Crippen LogP contribution >= 0.6 is 0 Å². The van der Waals surface area contributed by atoms with E-state index in [0.29, 0.717) is 13.5 Å². The molecule has 19 heteroatoms. The first kappa shape index (κ1) is 31.3. The van der Waals surface area contributed by atoms with Crippen LogP contribution in [0.15, 0.2) is 0 Å². The number of rotatable bonds is 8. The zero-order valence-corrected chi connectivity index (χ0v) is 16.9. The molecule has 0 saturated heterocycles. The van der Waals surface area contributed by atoms with E-state index in [2.05, 4.69) is 0 Å². The summed E-state index contributed by atoms with van der Waals surface area (Å²) in [6.07, 6.45) is -7.29. The van der Waals surface area contributed by atoms with Gasteiger partial charge < -0.3 is 4.90 Å². The van der Waals surface area contributed by atoms with Crippen LogP contribution in [0.1, 0.15) is 32.1 Å². The maximum Gasteiger partial charge on any atom is 0.460 e. The van der Waals surface area contributed by atoms with Gasteiger partial charge >= 0.3 is 47.6 Å². The summed E-state index contributed by atoms with van der Waals surface area (Å²) in [6, 6.07) is -1.34. The molecular formula is C16H14F17NO. The third-order valence-electron chi connectivity index (χ3n) is 5.43. The molecular weight excluding hydrogens is 545 g/mol. The van der Waals surface area contributed by atoms with Crippen LogP contribution in [-0.4, -0.2) is 71.5 Å². The van der Waals surface area contributed by atoms with Gasteiger partial charge in [0.2, 0.25) is 0 Å². The highest BCUT2D eigenvalue weighted by molar-refractivity contribution is 5.85. The van der Waals surface area contributed by atoms with Crippen LogP contribution in [0, 0.1) is 0 Å². The molecule has 2 nitrogen and oxygen atoms in total. The fraction of sp³-hybridized carbons (Fsp3) is 0.938. The summed E-state index contributed by atoms with van der Waals surface area (Å²) in [7, 11) is 0.325. The highest BCUT2D eigenvalue weighted by Crippen LogP contribution is 2.64. The number of carbonyl (C=O) groups is 1. The quantitative estimate of drug-likeness (QED) is 0.300. The molecule has 0 N–H and O–H groups in total. The van der Waals surface area contributed by atoms with Crippen molar-refractivity contribution in [2.24, 2.45) is 0 Å². The van der Waals surface area contributed by atoms with Gasteiger partial charge in [0.05, 0.1) is 0 Å². The molecule has 208 valence electrons. The van der Waals surface area contributed by atoms with Crippen LogP contribution in [0.2, 0.25) is 0 Å². The molecule has 0 bridgehead atoms. The van der Waals surface area contributed by atoms with E-state index in [1.807, 2.05) is 0 Å². The summed E-state index contributed by atoms with van der Waals surface area (Å²) in [4.78, 5) is 11.4. The molecule has 0 aliphatic heterocycles. The summed E-state index contributed by atoms with van der Waals surface area (Å²) in [5.74, 6) is -61.0. The van der Waals surface area contributed by atoms with Gasteiger partial charge in [0.15, 0.2) is 0 Å². The molecule has 1 aliphatic rings. The lowest BCUT2D eigenvalue weighted by Gasteiger charge is -2.43. The molecule has 0 atom stereocenters. The number of hydrogen-bond acceptors (Lipinski definition) is 1. The summed E-state index contributed by atoms with van der Waals surface area (Å²) in [5.41, 5.74) is 0. The van der Waals surface area contributed by atoms with E-state index in [1.54, 1.807) is 0 Å². The predicted octanol–water partition coefficient (Wildman–Crippen LogP) is 6.79. The number of carbonyl (C=O) groups excluding carboxylic acids is 1. The Balaban J connectivity index is 3.55. The molecule has 1 saturated carbocycles. The molecule has 0 aromatic carbocycles. The molecule has 0 radical (unpaired) electrons. The summed E-state index contributed by atoms with van der Waals surface area (Å²) >= 11 is 0. The van der Waals surface area contributed by atoms with Crippen molar-refractivity contribution in [1.82, 2.24) is 4.90 Å². The Bertz CT molecular complexity index is 781. The van der Waals surface area contributed by atoms with E-state index in [-0.39, 0.29) is 30.6 Å². The van der Waals surface area contributed by atoms with Crippen molar-refractivity contribution in [2.45, 2.75) is 85.8 Å². The second kappa shape index (κ2) is 8.69. The molecule has 0 aromatic heterocycles. The largest absolute Gasteiger partial charge is 0.460 e. The minimum Gasteiger partial charge on any atom is -0.337 e. The van der Waals surface area contributed by atoms with Gasteiger partial charge in [-0.1, -0.05) is 19.3 Å². The lowest BCUT2D eigenvalue weighted by Crippen LogP contribution is -2.75. The van der Waals surface area contributed by atoms with Crippen LogP contribution in [0.4, 0.5) is 74.6 Å². The zero-order valence-electron chi connectivity index (χ0n) is 16.9. The fourth-order valence-electron chi connectivity index (χ4n) is 3.15. The second-order valence-corrected chi connectivity index (χ2v) is 7.73. The SMILES string of the molecule is CN(C(=O)C(F)(F)C(F)(F)C(F)(F)C(F)(F)C(F)(F)C(F)(F)C(F)(F)C(F)(F)F)C1CCCCC1. The van der Waals surface area contributed by atoms with Gasteiger partial charge in [-0.3, -0.25) is 4.79 Å². The molecule has 0 unspecified atom stereocenters. The van der Waals surface area contributed by atoms with Crippen molar-refractivity contribution < 1.29 is 79.4 Å². The Morgan fingerprint density at radius 3 is 1.20 bits per heavy atom. The molecule has 1 aliphatic carbocycles. The van der Waals surface area contributed by atoms with Gasteiger partial charge in [-0.15, -0.1) is 0 Å². The van der Waals surface area contributed by atoms with Gasteiger partial charge in [0, 0.05) is 13.1 Å². The minimum absolute atomic E-state index is 0.173. The standard InChI is InChI=1S/C16H14F17NO/c1-34(7-5-3-2-4-6-7)8(35)9(17,18)10(19,20)11(21,22)12(23,24)13(25,26)14(27,28)15(29,30)16(31,32)33/h7H,2-6H2,1H3. The Hall–Kier alpha value is -1.72. The third-order valence-corrected chi connectivity index (χ3v) is 5.43. The normalized spacial score (nSPS) is 18.6. The van der Waals surface area contributed by atoms with Crippen molar-refractivity contribution in [3.8, 4) is 0 Å². The molecule has 1 fully saturated rings. The summed E-state index contributed by atoms with van der Waals surface area (Å²) in [6.45, 7) is 0. The molecule has 1 amide bonds. The minimum atomic E-state index is -8.71. The first-order chi connectivity index (χ1) is 15.2. The lowest BCUT2D eigenvalue weighted by atomic mass is 9.88. The first-order valence-electron chi connectivity index (χ1n) is 9.16. The molecule has 0 aromatic rings. The molecule has 0 heterocycles. The number of halogens is 17. The van der Waals surface area contributed by atoms with Gasteiger partial charge in [-0.25, -0.2) is 0 Å². The Labute approximate surface area is 184 Å². The smallest absolute Gasteiger partial charge is 0.337 e. The highest BCUT2D eigenvalue weighted by atomic mass is 19.4. The van der Waals surface area contributed by atoms with Crippen LogP contribution in [0.25, 0.3) is 0 Å². The monoisotopic (exact) mass is 559 g/mol. The van der Waals surface area contributed by atoms with Crippen LogP contribution in [0.5, 0.6) is 0 Å². The van der Waals surface area contributed by atoms with Crippen LogP contribution in [0.3, 0.4) is 0 Å². The number of alkyl halides is 17. The van der Waals surface area contributed by atoms with E-state index in [0.717, 1.165) is 0 Å². The van der Waals surface area contributed by atoms with Crippen LogP contribution < -0.4 is 0 Å². The van der Waals surface area contributed by atoms with Gasteiger partial charge in [-0.05, 0) is 12.8 Å². The molecule has 1 rings (SSSR count). The maximum atomic E-state index is 14.0. The van der Waals surface area contributed by atoms with Crippen molar-refractivity contribution in [2.75, 3.05) is 7.05 Å². The van der Waals surface area contributed by atoms with Crippen molar-refractivity contribution in [3.05, 3.63) is 0 Å². The lowest BCUT2D eigenvalue weighted by molar-refractivity contribution is -0.459. The highest BCUT2D eigenvalue weighted by Gasteiger charge is 2.95. The van der Waals surface area contributed by atoms with E-state index in [9.17, 15) is 79.4 Å². The number of hydrogen-bond donors (Lipinski definition) is 0. The number of amides is 1.